The Labute approximate surface area is 140 Å². The summed E-state index contributed by atoms with van der Waals surface area (Å²) in [6.45, 7) is 6.03. The van der Waals surface area contributed by atoms with Gasteiger partial charge >= 0.3 is 0 Å². The first-order chi connectivity index (χ1) is 9.27. The number of nitrogens with zero attached hydrogens (tertiary/aromatic N) is 1. The molecular formula is C14H29Cl2N3O2. The van der Waals surface area contributed by atoms with E-state index in [2.05, 4.69) is 10.2 Å². The van der Waals surface area contributed by atoms with Gasteiger partial charge in [0.05, 0.1) is 5.41 Å². The molecule has 0 spiro atoms. The van der Waals surface area contributed by atoms with E-state index in [9.17, 15) is 4.79 Å². The first kappa shape index (κ1) is 20.9. The monoisotopic (exact) mass is 341 g/mol. The number of halogens is 2. The van der Waals surface area contributed by atoms with Crippen LogP contribution in [0.3, 0.4) is 0 Å². The van der Waals surface area contributed by atoms with Gasteiger partial charge < -0.3 is 20.7 Å². The number of hydrogen-bond donors (Lipinski definition) is 2. The van der Waals surface area contributed by atoms with Crippen molar-refractivity contribution in [1.29, 1.82) is 0 Å². The number of hydrogen-bond acceptors (Lipinski definition) is 4. The van der Waals surface area contributed by atoms with Crippen LogP contribution in [-0.2, 0) is 9.53 Å². The highest BCUT2D eigenvalue weighted by Crippen LogP contribution is 2.29. The standard InChI is InChI=1S/C14H27N3O2.2ClH/c15-12-14(4-10-19-11-5-14)13(18)16-6-3-9-17-7-1-2-8-17;;/h1-12,15H2,(H,16,18);2*1H. The van der Waals surface area contributed by atoms with Crippen molar-refractivity contribution in [3.05, 3.63) is 0 Å². The molecule has 5 nitrogen and oxygen atoms in total. The van der Waals surface area contributed by atoms with Crippen LogP contribution in [0.2, 0.25) is 0 Å². The van der Waals surface area contributed by atoms with Gasteiger partial charge in [-0.1, -0.05) is 0 Å². The fourth-order valence-electron chi connectivity index (χ4n) is 2.98. The maximum Gasteiger partial charge on any atom is 0.227 e. The van der Waals surface area contributed by atoms with Gasteiger partial charge in [-0.25, -0.2) is 0 Å². The topological polar surface area (TPSA) is 67.6 Å². The number of carbonyl (C=O) groups is 1. The average Bonchev–Trinajstić information content (AvgIpc) is 2.97. The molecule has 0 aromatic carbocycles. The highest BCUT2D eigenvalue weighted by atomic mass is 35.5. The Hall–Kier alpha value is -0.0700. The zero-order valence-electron chi connectivity index (χ0n) is 12.6. The molecular weight excluding hydrogens is 313 g/mol. The Kier molecular flexibility index (Phi) is 10.6. The minimum atomic E-state index is -0.383. The van der Waals surface area contributed by atoms with E-state index in [-0.39, 0.29) is 36.1 Å². The summed E-state index contributed by atoms with van der Waals surface area (Å²) in [7, 11) is 0. The lowest BCUT2D eigenvalue weighted by molar-refractivity contribution is -0.135. The van der Waals surface area contributed by atoms with E-state index in [1.807, 2.05) is 0 Å². The van der Waals surface area contributed by atoms with Crippen LogP contribution in [-0.4, -0.2) is 56.7 Å². The number of ether oxygens (including phenoxy) is 1. The fraction of sp³-hybridized carbons (Fsp3) is 0.929. The number of carbonyl (C=O) groups excluding carboxylic acids is 1. The lowest BCUT2D eigenvalue weighted by Crippen LogP contribution is -2.49. The predicted octanol–water partition coefficient (Wildman–Crippen LogP) is 1.19. The molecule has 0 atom stereocenters. The van der Waals surface area contributed by atoms with Crippen LogP contribution in [0.15, 0.2) is 0 Å². The first-order valence-corrected chi connectivity index (χ1v) is 7.55. The summed E-state index contributed by atoms with van der Waals surface area (Å²) in [5, 5.41) is 3.07. The fourth-order valence-corrected chi connectivity index (χ4v) is 2.98. The molecule has 2 saturated heterocycles. The van der Waals surface area contributed by atoms with Gasteiger partial charge in [0.1, 0.15) is 0 Å². The van der Waals surface area contributed by atoms with E-state index in [1.54, 1.807) is 0 Å². The van der Waals surface area contributed by atoms with Crippen LogP contribution in [0.4, 0.5) is 0 Å². The molecule has 0 aromatic heterocycles. The third-order valence-corrected chi connectivity index (χ3v) is 4.46. The molecule has 0 unspecified atom stereocenters. The third kappa shape index (κ3) is 5.91. The molecule has 2 aliphatic heterocycles. The van der Waals surface area contributed by atoms with Crippen LogP contribution in [0.5, 0.6) is 0 Å². The minimum absolute atomic E-state index is 0. The van der Waals surface area contributed by atoms with Gasteiger partial charge in [0.25, 0.3) is 0 Å². The Morgan fingerprint density at radius 2 is 1.81 bits per heavy atom. The molecule has 1 amide bonds. The summed E-state index contributed by atoms with van der Waals surface area (Å²) in [6.07, 6.45) is 5.18. The highest BCUT2D eigenvalue weighted by Gasteiger charge is 2.38. The normalized spacial score (nSPS) is 21.2. The smallest absolute Gasteiger partial charge is 0.227 e. The van der Waals surface area contributed by atoms with Crippen molar-refractivity contribution >= 4 is 30.7 Å². The van der Waals surface area contributed by atoms with E-state index in [0.717, 1.165) is 32.4 Å². The molecule has 2 heterocycles. The van der Waals surface area contributed by atoms with Gasteiger partial charge in [-0.3, -0.25) is 4.79 Å². The van der Waals surface area contributed by atoms with Crippen LogP contribution < -0.4 is 11.1 Å². The number of nitrogens with one attached hydrogen (secondary N) is 1. The molecule has 126 valence electrons. The van der Waals surface area contributed by atoms with Gasteiger partial charge in [0.2, 0.25) is 5.91 Å². The van der Waals surface area contributed by atoms with E-state index < -0.39 is 0 Å². The zero-order valence-corrected chi connectivity index (χ0v) is 14.3. The summed E-state index contributed by atoms with van der Waals surface area (Å²) in [5.41, 5.74) is 5.44. The van der Waals surface area contributed by atoms with Gasteiger partial charge in [-0.15, -0.1) is 24.8 Å². The molecule has 0 radical (unpaired) electrons. The third-order valence-electron chi connectivity index (χ3n) is 4.46. The number of likely N-dealkylation sites (tertiary alicyclic amines) is 1. The lowest BCUT2D eigenvalue weighted by atomic mass is 9.79. The summed E-state index contributed by atoms with van der Waals surface area (Å²) >= 11 is 0. The second kappa shape index (κ2) is 10.6. The number of nitrogens with two attached hydrogens (primary N) is 1. The van der Waals surface area contributed by atoms with Crippen molar-refractivity contribution in [2.75, 3.05) is 45.9 Å². The van der Waals surface area contributed by atoms with Crippen LogP contribution in [0, 0.1) is 5.41 Å². The minimum Gasteiger partial charge on any atom is -0.381 e. The van der Waals surface area contributed by atoms with Crippen LogP contribution >= 0.6 is 24.8 Å². The molecule has 3 N–H and O–H groups in total. The van der Waals surface area contributed by atoms with E-state index in [0.29, 0.717) is 19.8 Å². The Balaban J connectivity index is 0.00000200. The number of rotatable bonds is 6. The SMILES string of the molecule is Cl.Cl.NCC1(C(=O)NCCCN2CCCC2)CCOCC1. The molecule has 0 aromatic rings. The Morgan fingerprint density at radius 3 is 2.38 bits per heavy atom. The van der Waals surface area contributed by atoms with Crippen LogP contribution in [0.25, 0.3) is 0 Å². The lowest BCUT2D eigenvalue weighted by Gasteiger charge is -2.34. The van der Waals surface area contributed by atoms with Gasteiger partial charge in [0.15, 0.2) is 0 Å². The van der Waals surface area contributed by atoms with Crippen molar-refractivity contribution in [2.24, 2.45) is 11.1 Å². The molecule has 7 heteroatoms. The molecule has 2 fully saturated rings. The quantitative estimate of drug-likeness (QED) is 0.712. The summed E-state index contributed by atoms with van der Waals surface area (Å²) < 4.78 is 5.33. The molecule has 0 bridgehead atoms. The maximum atomic E-state index is 12.3. The van der Waals surface area contributed by atoms with Crippen molar-refractivity contribution in [3.63, 3.8) is 0 Å². The van der Waals surface area contributed by atoms with E-state index >= 15 is 0 Å². The van der Waals surface area contributed by atoms with Gasteiger partial charge in [-0.2, -0.15) is 0 Å². The van der Waals surface area contributed by atoms with Crippen molar-refractivity contribution < 1.29 is 9.53 Å². The second-order valence-electron chi connectivity index (χ2n) is 5.76. The van der Waals surface area contributed by atoms with Gasteiger partial charge in [-0.05, 0) is 51.7 Å². The summed E-state index contributed by atoms with van der Waals surface area (Å²) in [5.74, 6) is 0.125. The Morgan fingerprint density at radius 1 is 1.19 bits per heavy atom. The Bertz CT molecular complexity index is 294. The largest absolute Gasteiger partial charge is 0.381 e. The van der Waals surface area contributed by atoms with E-state index in [1.165, 1.54) is 25.9 Å². The van der Waals surface area contributed by atoms with Crippen molar-refractivity contribution in [3.8, 4) is 0 Å². The molecule has 2 aliphatic rings. The number of amides is 1. The van der Waals surface area contributed by atoms with E-state index in [4.69, 9.17) is 10.5 Å². The average molecular weight is 342 g/mol. The van der Waals surface area contributed by atoms with Crippen LogP contribution in [0.1, 0.15) is 32.1 Å². The predicted molar refractivity (Wildman–Crippen MR) is 89.3 cm³/mol. The maximum absolute atomic E-state index is 12.3. The first-order valence-electron chi connectivity index (χ1n) is 7.55. The molecule has 0 saturated carbocycles. The summed E-state index contributed by atoms with van der Waals surface area (Å²) in [6, 6.07) is 0. The molecule has 2 rings (SSSR count). The van der Waals surface area contributed by atoms with Gasteiger partial charge in [0, 0.05) is 26.3 Å². The molecule has 0 aliphatic carbocycles. The zero-order chi connectivity index (χ0) is 13.6. The second-order valence-corrected chi connectivity index (χ2v) is 5.76. The molecule has 21 heavy (non-hydrogen) atoms. The summed E-state index contributed by atoms with van der Waals surface area (Å²) in [4.78, 5) is 14.8. The highest BCUT2D eigenvalue weighted by molar-refractivity contribution is 5.85. The van der Waals surface area contributed by atoms with Crippen molar-refractivity contribution in [2.45, 2.75) is 32.1 Å². The van der Waals surface area contributed by atoms with Crippen molar-refractivity contribution in [1.82, 2.24) is 10.2 Å².